The Morgan fingerprint density at radius 2 is 1.67 bits per heavy atom. The van der Waals surface area contributed by atoms with Gasteiger partial charge in [0.25, 0.3) is 0 Å². The first kappa shape index (κ1) is 12.2. The predicted octanol–water partition coefficient (Wildman–Crippen LogP) is 3.24. The van der Waals surface area contributed by atoms with Crippen molar-refractivity contribution in [3.63, 3.8) is 0 Å². The van der Waals surface area contributed by atoms with Crippen LogP contribution in [-0.4, -0.2) is 10.1 Å². The molecule has 2 N–H and O–H groups in total. The highest BCUT2D eigenvalue weighted by atomic mass is 16.5. The summed E-state index contributed by atoms with van der Waals surface area (Å²) in [4.78, 5) is 4.63. The summed E-state index contributed by atoms with van der Waals surface area (Å²) < 4.78 is 5.48. The van der Waals surface area contributed by atoms with Gasteiger partial charge in [0.05, 0.1) is 5.54 Å². The zero-order valence-corrected chi connectivity index (χ0v) is 11.0. The molecule has 2 aliphatic carbocycles. The first-order chi connectivity index (χ1) is 8.78. The summed E-state index contributed by atoms with van der Waals surface area (Å²) >= 11 is 0. The van der Waals surface area contributed by atoms with E-state index < -0.39 is 0 Å². The third-order valence-electron chi connectivity index (χ3n) is 4.59. The molecule has 4 nitrogen and oxygen atoms in total. The fourth-order valence-electron chi connectivity index (χ4n) is 3.36. The Morgan fingerprint density at radius 1 is 1.00 bits per heavy atom. The van der Waals surface area contributed by atoms with Crippen LogP contribution in [0.4, 0.5) is 0 Å². The number of hydrogen-bond donors (Lipinski definition) is 1. The minimum atomic E-state index is -0.325. The van der Waals surface area contributed by atoms with Gasteiger partial charge < -0.3 is 10.3 Å². The highest BCUT2D eigenvalue weighted by Crippen LogP contribution is 2.36. The van der Waals surface area contributed by atoms with E-state index in [2.05, 4.69) is 10.1 Å². The molecule has 0 saturated heterocycles. The molecule has 18 heavy (non-hydrogen) atoms. The van der Waals surface area contributed by atoms with Crippen molar-refractivity contribution >= 4 is 0 Å². The molecule has 3 rings (SSSR count). The topological polar surface area (TPSA) is 64.9 Å². The Labute approximate surface area is 108 Å². The quantitative estimate of drug-likeness (QED) is 0.874. The average molecular weight is 249 g/mol. The van der Waals surface area contributed by atoms with Crippen molar-refractivity contribution in [3.05, 3.63) is 11.7 Å². The van der Waals surface area contributed by atoms with E-state index in [1.165, 1.54) is 51.4 Å². The largest absolute Gasteiger partial charge is 0.339 e. The van der Waals surface area contributed by atoms with E-state index in [0.29, 0.717) is 5.92 Å². The van der Waals surface area contributed by atoms with E-state index in [4.69, 9.17) is 10.3 Å². The van der Waals surface area contributed by atoms with Gasteiger partial charge in [-0.25, -0.2) is 0 Å². The van der Waals surface area contributed by atoms with Crippen molar-refractivity contribution in [1.29, 1.82) is 0 Å². The van der Waals surface area contributed by atoms with Gasteiger partial charge in [-0.15, -0.1) is 0 Å². The zero-order chi connectivity index (χ0) is 12.4. The van der Waals surface area contributed by atoms with Gasteiger partial charge in [-0.05, 0) is 25.7 Å². The molecule has 1 aromatic heterocycles. The maximum absolute atomic E-state index is 6.44. The molecule has 2 saturated carbocycles. The van der Waals surface area contributed by atoms with Crippen molar-refractivity contribution in [1.82, 2.24) is 10.1 Å². The maximum atomic E-state index is 6.44. The summed E-state index contributed by atoms with van der Waals surface area (Å²) in [6.07, 6.45) is 12.0. The normalized spacial score (nSPS) is 25.2. The fraction of sp³-hybridized carbons (Fsp3) is 0.857. The molecule has 0 radical (unpaired) electrons. The summed E-state index contributed by atoms with van der Waals surface area (Å²) in [6, 6.07) is 0. The first-order valence-electron chi connectivity index (χ1n) is 7.41. The Bertz CT molecular complexity index is 389. The van der Waals surface area contributed by atoms with Gasteiger partial charge in [0, 0.05) is 5.92 Å². The van der Waals surface area contributed by atoms with Crippen molar-refractivity contribution in [2.24, 2.45) is 5.73 Å². The molecule has 0 atom stereocenters. The summed E-state index contributed by atoms with van der Waals surface area (Å²) in [5.74, 6) is 2.06. The van der Waals surface area contributed by atoms with Crippen LogP contribution in [0.15, 0.2) is 4.52 Å². The lowest BCUT2D eigenvalue weighted by atomic mass is 9.82. The van der Waals surface area contributed by atoms with Gasteiger partial charge in [0.2, 0.25) is 5.89 Å². The van der Waals surface area contributed by atoms with Crippen molar-refractivity contribution in [2.75, 3.05) is 0 Å². The van der Waals surface area contributed by atoms with Crippen LogP contribution in [0.5, 0.6) is 0 Å². The van der Waals surface area contributed by atoms with Crippen molar-refractivity contribution < 1.29 is 4.52 Å². The van der Waals surface area contributed by atoms with Crippen LogP contribution in [0, 0.1) is 0 Å². The molecule has 2 aliphatic rings. The number of nitrogens with two attached hydrogens (primary N) is 1. The van der Waals surface area contributed by atoms with Gasteiger partial charge >= 0.3 is 0 Å². The molecule has 4 heteroatoms. The van der Waals surface area contributed by atoms with Crippen molar-refractivity contribution in [3.8, 4) is 0 Å². The second kappa shape index (κ2) is 5.00. The van der Waals surface area contributed by atoms with E-state index >= 15 is 0 Å². The smallest absolute Gasteiger partial charge is 0.229 e. The van der Waals surface area contributed by atoms with E-state index in [-0.39, 0.29) is 5.54 Å². The van der Waals surface area contributed by atoms with Crippen LogP contribution in [0.25, 0.3) is 0 Å². The predicted molar refractivity (Wildman–Crippen MR) is 69.1 cm³/mol. The Hall–Kier alpha value is -0.900. The number of aromatic nitrogens is 2. The molecule has 0 aromatic carbocycles. The molecular weight excluding hydrogens is 226 g/mol. The standard InChI is InChI=1S/C14H23N3O/c15-14(9-5-2-6-10-14)13-16-12(18-17-13)11-7-3-1-4-8-11/h11H,1-10,15H2. The van der Waals surface area contributed by atoms with E-state index in [9.17, 15) is 0 Å². The zero-order valence-electron chi connectivity index (χ0n) is 11.0. The summed E-state index contributed by atoms with van der Waals surface area (Å²) in [7, 11) is 0. The SMILES string of the molecule is NC1(c2noc(C3CCCCC3)n2)CCCCC1. The molecule has 1 aromatic rings. The van der Waals surface area contributed by atoms with Gasteiger partial charge in [0.15, 0.2) is 5.82 Å². The van der Waals surface area contributed by atoms with E-state index in [0.717, 1.165) is 24.6 Å². The Kier molecular flexibility index (Phi) is 3.37. The van der Waals surface area contributed by atoms with Crippen LogP contribution < -0.4 is 5.73 Å². The van der Waals surface area contributed by atoms with Crippen molar-refractivity contribution in [2.45, 2.75) is 75.7 Å². The molecule has 0 spiro atoms. The molecule has 0 amide bonds. The molecule has 0 unspecified atom stereocenters. The molecule has 0 bridgehead atoms. The summed E-state index contributed by atoms with van der Waals surface area (Å²) in [5.41, 5.74) is 6.11. The van der Waals surface area contributed by atoms with Crippen LogP contribution in [0.2, 0.25) is 0 Å². The Balaban J connectivity index is 1.75. The van der Waals surface area contributed by atoms with Gasteiger partial charge in [-0.2, -0.15) is 4.98 Å². The molecule has 100 valence electrons. The highest BCUT2D eigenvalue weighted by Gasteiger charge is 2.35. The first-order valence-corrected chi connectivity index (χ1v) is 7.41. The molecular formula is C14H23N3O. The van der Waals surface area contributed by atoms with E-state index in [1.807, 2.05) is 0 Å². The molecule has 2 fully saturated rings. The lowest BCUT2D eigenvalue weighted by Crippen LogP contribution is -2.39. The number of hydrogen-bond acceptors (Lipinski definition) is 4. The van der Waals surface area contributed by atoms with Gasteiger partial charge in [0.1, 0.15) is 0 Å². The third-order valence-corrected chi connectivity index (χ3v) is 4.59. The lowest BCUT2D eigenvalue weighted by molar-refractivity contribution is 0.269. The average Bonchev–Trinajstić information content (AvgIpc) is 2.91. The Morgan fingerprint density at radius 3 is 2.39 bits per heavy atom. The van der Waals surface area contributed by atoms with E-state index in [1.54, 1.807) is 0 Å². The monoisotopic (exact) mass is 249 g/mol. The van der Waals surface area contributed by atoms with Crippen LogP contribution in [0.1, 0.15) is 81.8 Å². The second-order valence-electron chi connectivity index (χ2n) is 6.01. The number of rotatable bonds is 2. The summed E-state index contributed by atoms with van der Waals surface area (Å²) in [5, 5.41) is 4.18. The minimum Gasteiger partial charge on any atom is -0.339 e. The number of nitrogens with zero attached hydrogens (tertiary/aromatic N) is 2. The minimum absolute atomic E-state index is 0.325. The molecule has 0 aliphatic heterocycles. The van der Waals surface area contributed by atoms with Gasteiger partial charge in [-0.3, -0.25) is 0 Å². The van der Waals surface area contributed by atoms with Crippen LogP contribution in [-0.2, 0) is 5.54 Å². The summed E-state index contributed by atoms with van der Waals surface area (Å²) in [6.45, 7) is 0. The lowest BCUT2D eigenvalue weighted by Gasteiger charge is -2.29. The van der Waals surface area contributed by atoms with Crippen LogP contribution in [0.3, 0.4) is 0 Å². The maximum Gasteiger partial charge on any atom is 0.229 e. The third kappa shape index (κ3) is 2.30. The van der Waals surface area contributed by atoms with Crippen LogP contribution >= 0.6 is 0 Å². The fourth-order valence-corrected chi connectivity index (χ4v) is 3.36. The molecule has 1 heterocycles. The second-order valence-corrected chi connectivity index (χ2v) is 6.01. The highest BCUT2D eigenvalue weighted by molar-refractivity contribution is 5.07. The van der Waals surface area contributed by atoms with Gasteiger partial charge in [-0.1, -0.05) is 43.7 Å².